The van der Waals surface area contributed by atoms with Gasteiger partial charge < -0.3 is 10.6 Å². The molecule has 1 aliphatic heterocycles. The van der Waals surface area contributed by atoms with E-state index in [9.17, 15) is 10.1 Å². The van der Waals surface area contributed by atoms with Crippen molar-refractivity contribution in [3.63, 3.8) is 0 Å². The van der Waals surface area contributed by atoms with Crippen LogP contribution < -0.4 is 10.6 Å². The third kappa shape index (κ3) is 2.88. The lowest BCUT2D eigenvalue weighted by atomic mass is 9.91. The Morgan fingerprint density at radius 2 is 2.00 bits per heavy atom. The Balaban J connectivity index is 2.05. The van der Waals surface area contributed by atoms with Crippen molar-refractivity contribution in [2.24, 2.45) is 0 Å². The van der Waals surface area contributed by atoms with Crippen molar-refractivity contribution >= 4 is 11.6 Å². The maximum Gasteiger partial charge on any atom is 0.305 e. The minimum absolute atomic E-state index is 0.0403. The second kappa shape index (κ2) is 4.62. The predicted molar refractivity (Wildman–Crippen MR) is 62.8 cm³/mol. The van der Waals surface area contributed by atoms with Gasteiger partial charge in [-0.15, -0.1) is 0 Å². The molecular formula is C10H15N5O2. The number of nitrogens with one attached hydrogen (secondary N) is 2. The van der Waals surface area contributed by atoms with Gasteiger partial charge in [0, 0.05) is 5.54 Å². The van der Waals surface area contributed by atoms with Gasteiger partial charge in [-0.05, 0) is 32.9 Å². The smallest absolute Gasteiger partial charge is 0.305 e. The van der Waals surface area contributed by atoms with Crippen LogP contribution in [0.2, 0.25) is 0 Å². The molecule has 7 heteroatoms. The van der Waals surface area contributed by atoms with Crippen molar-refractivity contribution in [1.82, 2.24) is 15.3 Å². The number of nitrogens with zero attached hydrogens (tertiary/aromatic N) is 3. The topological polar surface area (TPSA) is 93.0 Å². The lowest BCUT2D eigenvalue weighted by Crippen LogP contribution is -2.45. The largest absolute Gasteiger partial charge is 0.349 e. The number of rotatable bonds is 3. The monoisotopic (exact) mass is 237 g/mol. The van der Waals surface area contributed by atoms with E-state index in [1.165, 1.54) is 12.4 Å². The maximum atomic E-state index is 10.5. The molecule has 17 heavy (non-hydrogen) atoms. The molecule has 0 bridgehead atoms. The zero-order valence-electron chi connectivity index (χ0n) is 9.64. The van der Waals surface area contributed by atoms with Gasteiger partial charge in [0.15, 0.2) is 0 Å². The Morgan fingerprint density at radius 3 is 2.53 bits per heavy atom. The first-order valence-electron chi connectivity index (χ1n) is 5.54. The van der Waals surface area contributed by atoms with Gasteiger partial charge >= 0.3 is 5.69 Å². The Bertz CT molecular complexity index is 400. The number of hydrogen-bond donors (Lipinski definition) is 2. The fourth-order valence-electron chi connectivity index (χ4n) is 1.85. The average Bonchev–Trinajstić information content (AvgIpc) is 2.30. The quantitative estimate of drug-likeness (QED) is 0.600. The Labute approximate surface area is 98.8 Å². The van der Waals surface area contributed by atoms with Crippen LogP contribution in [-0.2, 0) is 0 Å². The van der Waals surface area contributed by atoms with E-state index in [0.29, 0.717) is 5.95 Å². The molecule has 2 heterocycles. The van der Waals surface area contributed by atoms with E-state index in [1.54, 1.807) is 0 Å². The molecule has 2 rings (SSSR count). The summed E-state index contributed by atoms with van der Waals surface area (Å²) in [5.74, 6) is 0.444. The first-order valence-corrected chi connectivity index (χ1v) is 5.54. The van der Waals surface area contributed by atoms with Crippen LogP contribution in [0.4, 0.5) is 11.6 Å². The maximum absolute atomic E-state index is 10.5. The summed E-state index contributed by atoms with van der Waals surface area (Å²) in [6.07, 6.45) is 4.40. The molecule has 1 aliphatic rings. The summed E-state index contributed by atoms with van der Waals surface area (Å²) in [6, 6.07) is 0. The third-order valence-electron chi connectivity index (χ3n) is 2.97. The van der Waals surface area contributed by atoms with Gasteiger partial charge in [-0.25, -0.2) is 9.97 Å². The number of anilines is 1. The molecule has 0 atom stereocenters. The molecule has 1 fully saturated rings. The van der Waals surface area contributed by atoms with Gasteiger partial charge in [0.2, 0.25) is 5.95 Å². The van der Waals surface area contributed by atoms with Gasteiger partial charge in [-0.1, -0.05) is 0 Å². The van der Waals surface area contributed by atoms with Crippen molar-refractivity contribution in [2.45, 2.75) is 25.3 Å². The molecule has 1 aromatic rings. The summed E-state index contributed by atoms with van der Waals surface area (Å²) in [5, 5.41) is 17.0. The number of hydrogen-bond acceptors (Lipinski definition) is 6. The van der Waals surface area contributed by atoms with E-state index in [4.69, 9.17) is 0 Å². The highest BCUT2D eigenvalue weighted by Crippen LogP contribution is 2.21. The van der Waals surface area contributed by atoms with Crippen molar-refractivity contribution in [3.05, 3.63) is 22.5 Å². The molecule has 2 N–H and O–H groups in total. The average molecular weight is 237 g/mol. The van der Waals surface area contributed by atoms with E-state index >= 15 is 0 Å². The zero-order chi connectivity index (χ0) is 12.3. The van der Waals surface area contributed by atoms with Gasteiger partial charge in [-0.3, -0.25) is 10.1 Å². The van der Waals surface area contributed by atoms with Crippen LogP contribution >= 0.6 is 0 Å². The SMILES string of the molecule is CC1(Nc2ncc([N+](=O)[O-])cn2)CCNCC1. The zero-order valence-corrected chi connectivity index (χ0v) is 9.64. The van der Waals surface area contributed by atoms with Crippen molar-refractivity contribution in [2.75, 3.05) is 18.4 Å². The van der Waals surface area contributed by atoms with Gasteiger partial charge in [-0.2, -0.15) is 0 Å². The fraction of sp³-hybridized carbons (Fsp3) is 0.600. The lowest BCUT2D eigenvalue weighted by molar-refractivity contribution is -0.385. The van der Waals surface area contributed by atoms with Gasteiger partial charge in [0.1, 0.15) is 12.4 Å². The van der Waals surface area contributed by atoms with Crippen LogP contribution in [0.25, 0.3) is 0 Å². The summed E-state index contributed by atoms with van der Waals surface area (Å²) in [7, 11) is 0. The molecule has 0 aliphatic carbocycles. The Hall–Kier alpha value is -1.76. The van der Waals surface area contributed by atoms with Crippen LogP contribution in [0.5, 0.6) is 0 Å². The normalized spacial score (nSPS) is 18.6. The van der Waals surface area contributed by atoms with E-state index in [-0.39, 0.29) is 11.2 Å². The highest BCUT2D eigenvalue weighted by atomic mass is 16.6. The molecule has 0 aromatic carbocycles. The third-order valence-corrected chi connectivity index (χ3v) is 2.97. The second-order valence-corrected chi connectivity index (χ2v) is 4.46. The van der Waals surface area contributed by atoms with Crippen LogP contribution in [-0.4, -0.2) is 33.5 Å². The minimum Gasteiger partial charge on any atom is -0.349 e. The molecule has 1 aromatic heterocycles. The molecule has 7 nitrogen and oxygen atoms in total. The highest BCUT2D eigenvalue weighted by Gasteiger charge is 2.27. The first kappa shape index (κ1) is 11.7. The summed E-state index contributed by atoms with van der Waals surface area (Å²) < 4.78 is 0. The van der Waals surface area contributed by atoms with Crippen LogP contribution in [0.15, 0.2) is 12.4 Å². The summed E-state index contributed by atoms with van der Waals surface area (Å²) in [4.78, 5) is 17.9. The van der Waals surface area contributed by atoms with Crippen molar-refractivity contribution < 1.29 is 4.92 Å². The molecule has 0 spiro atoms. The van der Waals surface area contributed by atoms with E-state index in [0.717, 1.165) is 25.9 Å². The predicted octanol–water partition coefficient (Wildman–Crippen LogP) is 0.939. The lowest BCUT2D eigenvalue weighted by Gasteiger charge is -2.34. The van der Waals surface area contributed by atoms with Crippen LogP contribution in [0.1, 0.15) is 19.8 Å². The van der Waals surface area contributed by atoms with Gasteiger partial charge in [0.25, 0.3) is 0 Å². The standard InChI is InChI=1S/C10H15N5O2/c1-10(2-4-11-5-3-10)14-9-12-6-8(7-13-9)15(16)17/h6-7,11H,2-5H2,1H3,(H,12,13,14). The van der Waals surface area contributed by atoms with Crippen molar-refractivity contribution in [1.29, 1.82) is 0 Å². The second-order valence-electron chi connectivity index (χ2n) is 4.46. The Kier molecular flexibility index (Phi) is 3.19. The summed E-state index contributed by atoms with van der Waals surface area (Å²) >= 11 is 0. The number of aromatic nitrogens is 2. The molecule has 0 saturated carbocycles. The molecule has 0 amide bonds. The molecular weight excluding hydrogens is 222 g/mol. The fourth-order valence-corrected chi connectivity index (χ4v) is 1.85. The number of nitro groups is 1. The van der Waals surface area contributed by atoms with E-state index in [2.05, 4.69) is 27.5 Å². The Morgan fingerprint density at radius 1 is 1.41 bits per heavy atom. The molecule has 0 unspecified atom stereocenters. The molecule has 0 radical (unpaired) electrons. The van der Waals surface area contributed by atoms with Crippen LogP contribution in [0, 0.1) is 10.1 Å². The van der Waals surface area contributed by atoms with Crippen molar-refractivity contribution in [3.8, 4) is 0 Å². The molecule has 92 valence electrons. The van der Waals surface area contributed by atoms with Gasteiger partial charge in [0.05, 0.1) is 4.92 Å². The van der Waals surface area contributed by atoms with Crippen LogP contribution in [0.3, 0.4) is 0 Å². The molecule has 1 saturated heterocycles. The van der Waals surface area contributed by atoms with E-state index in [1.807, 2.05) is 0 Å². The highest BCUT2D eigenvalue weighted by molar-refractivity contribution is 5.33. The first-order chi connectivity index (χ1) is 8.09. The summed E-state index contributed by atoms with van der Waals surface area (Å²) in [6.45, 7) is 4.02. The minimum atomic E-state index is -0.504. The number of piperidine rings is 1. The van der Waals surface area contributed by atoms with E-state index < -0.39 is 4.92 Å². The summed E-state index contributed by atoms with van der Waals surface area (Å²) in [5.41, 5.74) is -0.132.